The number of rotatable bonds is 11. The zero-order valence-electron chi connectivity index (χ0n) is 29.9. The van der Waals surface area contributed by atoms with Crippen LogP contribution in [-0.2, 0) is 6.42 Å². The van der Waals surface area contributed by atoms with Crippen molar-refractivity contribution in [3.05, 3.63) is 87.3 Å². The van der Waals surface area contributed by atoms with Crippen molar-refractivity contribution in [2.45, 2.75) is 44.5 Å². The van der Waals surface area contributed by atoms with E-state index in [1.54, 1.807) is 13.0 Å². The molecule has 6 aromatic rings. The SMILES string of the molecule is COc1cc(-c2oc3cc(=O)cc4oc(/C=C/c5c(O)cc(O)c6c5OC(c5ccc(O)c(O)c5)C(O)C6)cc(c2OCCCC(C)O)c43)cc(OC)c1O. The van der Waals surface area contributed by atoms with Gasteiger partial charge in [-0.2, -0.15) is 0 Å². The summed E-state index contributed by atoms with van der Waals surface area (Å²) >= 11 is 0. The lowest BCUT2D eigenvalue weighted by atomic mass is 9.92. The molecular weight excluding hydrogens is 716 g/mol. The van der Waals surface area contributed by atoms with Crippen LogP contribution >= 0.6 is 0 Å². The van der Waals surface area contributed by atoms with Crippen LogP contribution in [0.2, 0.25) is 0 Å². The molecule has 2 aromatic heterocycles. The minimum Gasteiger partial charge on any atom is -0.507 e. The number of methoxy groups -OCH3 is 2. The molecule has 0 saturated heterocycles. The summed E-state index contributed by atoms with van der Waals surface area (Å²) in [5.41, 5.74) is 1.02. The van der Waals surface area contributed by atoms with Gasteiger partial charge in [0.05, 0.1) is 44.0 Å². The summed E-state index contributed by atoms with van der Waals surface area (Å²) in [4.78, 5) is 13.0. The Kier molecular flexibility index (Phi) is 9.86. The number of hydrogen-bond donors (Lipinski definition) is 7. The number of benzene rings is 4. The first-order chi connectivity index (χ1) is 26.4. The summed E-state index contributed by atoms with van der Waals surface area (Å²) in [5, 5.41) is 74.1. The smallest absolute Gasteiger partial charge is 0.200 e. The van der Waals surface area contributed by atoms with Crippen LogP contribution in [0.1, 0.15) is 48.3 Å². The van der Waals surface area contributed by atoms with Gasteiger partial charge >= 0.3 is 0 Å². The molecule has 14 heteroatoms. The highest BCUT2D eigenvalue weighted by atomic mass is 16.5. The van der Waals surface area contributed by atoms with E-state index in [9.17, 15) is 40.5 Å². The number of aliphatic hydroxyl groups is 2. The Morgan fingerprint density at radius 2 is 1.56 bits per heavy atom. The van der Waals surface area contributed by atoms with Crippen molar-refractivity contribution in [3.63, 3.8) is 0 Å². The summed E-state index contributed by atoms with van der Waals surface area (Å²) in [6.07, 6.45) is 1.14. The molecule has 0 saturated carbocycles. The molecule has 0 radical (unpaired) electrons. The van der Waals surface area contributed by atoms with Gasteiger partial charge in [-0.25, -0.2) is 0 Å². The zero-order valence-corrected chi connectivity index (χ0v) is 29.9. The first kappa shape index (κ1) is 36.8. The van der Waals surface area contributed by atoms with E-state index in [0.29, 0.717) is 34.7 Å². The molecule has 55 heavy (non-hydrogen) atoms. The van der Waals surface area contributed by atoms with Crippen LogP contribution in [0.5, 0.6) is 51.7 Å². The van der Waals surface area contributed by atoms with Crippen molar-refractivity contribution in [1.29, 1.82) is 0 Å². The molecule has 1 aliphatic heterocycles. The van der Waals surface area contributed by atoms with Gasteiger partial charge in [0.15, 0.2) is 39.9 Å². The topological polar surface area (TPSA) is 222 Å². The third-order valence-corrected chi connectivity index (χ3v) is 9.37. The predicted molar refractivity (Wildman–Crippen MR) is 200 cm³/mol. The van der Waals surface area contributed by atoms with Gasteiger partial charge in [-0.15, -0.1) is 0 Å². The normalized spacial score (nSPS) is 15.9. The van der Waals surface area contributed by atoms with Crippen LogP contribution in [0.4, 0.5) is 0 Å². The van der Waals surface area contributed by atoms with Crippen molar-refractivity contribution in [2.24, 2.45) is 0 Å². The molecule has 4 aromatic carbocycles. The van der Waals surface area contributed by atoms with E-state index >= 15 is 0 Å². The maximum atomic E-state index is 13.0. The summed E-state index contributed by atoms with van der Waals surface area (Å²) in [6.45, 7) is 1.85. The number of phenolic OH excluding ortho intramolecular Hbond substituents is 5. The third kappa shape index (κ3) is 7.00. The van der Waals surface area contributed by atoms with Crippen molar-refractivity contribution >= 4 is 34.1 Å². The average Bonchev–Trinajstić information content (AvgIpc) is 3.14. The van der Waals surface area contributed by atoms with Crippen LogP contribution in [0, 0.1) is 0 Å². The maximum absolute atomic E-state index is 13.0. The molecule has 0 amide bonds. The third-order valence-electron chi connectivity index (χ3n) is 9.37. The van der Waals surface area contributed by atoms with E-state index < -0.39 is 29.5 Å². The summed E-state index contributed by atoms with van der Waals surface area (Å²) in [5.74, 6) is -0.773. The maximum Gasteiger partial charge on any atom is 0.200 e. The highest BCUT2D eigenvalue weighted by Crippen LogP contribution is 2.49. The van der Waals surface area contributed by atoms with Gasteiger partial charge in [0.25, 0.3) is 0 Å². The van der Waals surface area contributed by atoms with Gasteiger partial charge < -0.3 is 63.5 Å². The molecule has 3 heterocycles. The first-order valence-electron chi connectivity index (χ1n) is 17.3. The second kappa shape index (κ2) is 14.7. The fourth-order valence-electron chi connectivity index (χ4n) is 6.69. The van der Waals surface area contributed by atoms with Gasteiger partial charge in [-0.3, -0.25) is 4.79 Å². The minimum atomic E-state index is -1.15. The lowest BCUT2D eigenvalue weighted by molar-refractivity contribution is 0.0195. The first-order valence-corrected chi connectivity index (χ1v) is 17.3. The quantitative estimate of drug-likeness (QED) is 0.0555. The fraction of sp³-hybridized carbons (Fsp3) is 0.244. The second-order valence-electron chi connectivity index (χ2n) is 13.2. The van der Waals surface area contributed by atoms with Crippen LogP contribution in [0.15, 0.2) is 68.2 Å². The van der Waals surface area contributed by atoms with E-state index in [2.05, 4.69) is 0 Å². The highest BCUT2D eigenvalue weighted by Gasteiger charge is 2.34. The van der Waals surface area contributed by atoms with E-state index in [1.165, 1.54) is 68.8 Å². The molecule has 3 unspecified atom stereocenters. The molecule has 0 fully saturated rings. The Morgan fingerprint density at radius 1 is 0.855 bits per heavy atom. The highest BCUT2D eigenvalue weighted by molar-refractivity contribution is 6.10. The van der Waals surface area contributed by atoms with E-state index in [4.69, 9.17) is 27.8 Å². The summed E-state index contributed by atoms with van der Waals surface area (Å²) < 4.78 is 35.8. The Hall–Kier alpha value is -6.51. The van der Waals surface area contributed by atoms with Gasteiger partial charge in [-0.1, -0.05) is 6.07 Å². The Morgan fingerprint density at radius 3 is 2.24 bits per heavy atom. The van der Waals surface area contributed by atoms with Crippen molar-refractivity contribution in [3.8, 4) is 63.1 Å². The molecule has 7 N–H and O–H groups in total. The van der Waals surface area contributed by atoms with E-state index in [1.807, 2.05) is 0 Å². The van der Waals surface area contributed by atoms with Gasteiger partial charge in [0.1, 0.15) is 40.3 Å². The van der Waals surface area contributed by atoms with E-state index in [0.717, 1.165) is 6.07 Å². The lowest BCUT2D eigenvalue weighted by Gasteiger charge is -2.32. The molecule has 0 aliphatic carbocycles. The second-order valence-corrected chi connectivity index (χ2v) is 13.2. The molecule has 3 atom stereocenters. The molecule has 0 spiro atoms. The zero-order chi connectivity index (χ0) is 39.1. The molecule has 286 valence electrons. The van der Waals surface area contributed by atoms with Crippen molar-refractivity contribution in [1.82, 2.24) is 0 Å². The minimum absolute atomic E-state index is 0.0652. The summed E-state index contributed by atoms with van der Waals surface area (Å²) in [7, 11) is 2.77. The number of ether oxygens (including phenoxy) is 4. The summed E-state index contributed by atoms with van der Waals surface area (Å²) in [6, 6.07) is 12.5. The van der Waals surface area contributed by atoms with Crippen LogP contribution < -0.4 is 24.4 Å². The fourth-order valence-corrected chi connectivity index (χ4v) is 6.69. The molecule has 14 nitrogen and oxygen atoms in total. The largest absolute Gasteiger partial charge is 0.507 e. The van der Waals surface area contributed by atoms with Gasteiger partial charge in [-0.05, 0) is 67.8 Å². The number of fused-ring (bicyclic) bond motifs is 1. The Bertz CT molecular complexity index is 2490. The average molecular weight is 755 g/mol. The van der Waals surface area contributed by atoms with Crippen LogP contribution in [0.3, 0.4) is 0 Å². The predicted octanol–water partition coefficient (Wildman–Crippen LogP) is 6.50. The molecule has 0 bridgehead atoms. The monoisotopic (exact) mass is 754 g/mol. The molecule has 1 aliphatic rings. The number of phenols is 5. The van der Waals surface area contributed by atoms with E-state index in [-0.39, 0.29) is 92.8 Å². The van der Waals surface area contributed by atoms with Crippen LogP contribution in [0.25, 0.3) is 45.4 Å². The van der Waals surface area contributed by atoms with Crippen LogP contribution in [-0.4, -0.2) is 68.8 Å². The van der Waals surface area contributed by atoms with Crippen molar-refractivity contribution < 1.29 is 63.5 Å². The van der Waals surface area contributed by atoms with Crippen molar-refractivity contribution in [2.75, 3.05) is 20.8 Å². The molecule has 7 rings (SSSR count). The Balaban J connectivity index is 1.39. The Labute approximate surface area is 312 Å². The number of hydrogen-bond acceptors (Lipinski definition) is 14. The number of aromatic hydroxyl groups is 5. The molecular formula is C41H38O14. The standard InChI is InChI=1S/C41H38O14/c1-19(42)5-4-10-52-41-26-16-23(53-32-14-22(43)15-33(36(26)32)54-39(41)21-12-34(50-2)37(49)35(13-21)51-3)7-8-24-28(45)18-29(46)25-17-31(48)38(55-40(24)25)20-6-9-27(44)30(47)11-20/h6-9,11-16,18-19,31,38,42,44-49H,4-5,10,17H2,1-3H3/b8-7+. The van der Waals surface area contributed by atoms with Gasteiger partial charge in [0, 0.05) is 41.1 Å². The lowest BCUT2D eigenvalue weighted by Crippen LogP contribution is -2.30. The number of aliphatic hydroxyl groups excluding tert-OH is 2. The van der Waals surface area contributed by atoms with Gasteiger partial charge in [0.2, 0.25) is 5.75 Å².